The van der Waals surface area contributed by atoms with Crippen LogP contribution in [0.4, 0.5) is 4.39 Å². The van der Waals surface area contributed by atoms with Gasteiger partial charge in [-0.25, -0.2) is 9.38 Å². The van der Waals surface area contributed by atoms with Gasteiger partial charge in [0.15, 0.2) is 11.5 Å². The van der Waals surface area contributed by atoms with E-state index in [0.29, 0.717) is 36.0 Å². The molecule has 2 aliphatic rings. The fraction of sp³-hybridized carbons (Fsp3) is 0.167. The van der Waals surface area contributed by atoms with Gasteiger partial charge < -0.3 is 5.73 Å². The third kappa shape index (κ3) is 2.80. The molecule has 0 aliphatic carbocycles. The average Bonchev–Trinajstić information content (AvgIpc) is 3.13. The lowest BCUT2D eigenvalue weighted by atomic mass is 9.76. The number of amidine groups is 1. The molecule has 0 bridgehead atoms. The van der Waals surface area contributed by atoms with E-state index in [-0.39, 0.29) is 5.56 Å². The summed E-state index contributed by atoms with van der Waals surface area (Å²) in [6.45, 7) is 1.28. The number of hydrogen-bond acceptors (Lipinski definition) is 6. The van der Waals surface area contributed by atoms with Gasteiger partial charge >= 0.3 is 0 Å². The first-order valence-corrected chi connectivity index (χ1v) is 10.0. The summed E-state index contributed by atoms with van der Waals surface area (Å²) in [5, 5.41) is 10.0. The standard InChI is InChI=1S/C24H19FN6/c25-20-8-7-18(16-5-2-1-3-6-16)21(19(20)15-26)24(17-9-12-28-13-10-17)22-29-11-4-14-31(22)23(27)30-24/h1-3,5-10,12-13H,4,11,14H2,(H2,27,30). The molecule has 3 heterocycles. The van der Waals surface area contributed by atoms with Crippen molar-refractivity contribution < 1.29 is 4.39 Å². The lowest BCUT2D eigenvalue weighted by molar-refractivity contribution is 0.530. The Morgan fingerprint density at radius 2 is 1.84 bits per heavy atom. The number of aromatic nitrogens is 1. The highest BCUT2D eigenvalue weighted by atomic mass is 19.1. The van der Waals surface area contributed by atoms with Crippen LogP contribution in [0.3, 0.4) is 0 Å². The molecule has 0 saturated heterocycles. The van der Waals surface area contributed by atoms with Gasteiger partial charge in [-0.2, -0.15) is 5.26 Å². The van der Waals surface area contributed by atoms with Gasteiger partial charge in [0.2, 0.25) is 0 Å². The Labute approximate surface area is 179 Å². The summed E-state index contributed by atoms with van der Waals surface area (Å²) in [6.07, 6.45) is 4.15. The third-order valence-electron chi connectivity index (χ3n) is 5.75. The number of nitriles is 1. The number of guanidine groups is 1. The van der Waals surface area contributed by atoms with E-state index in [2.05, 4.69) is 11.1 Å². The SMILES string of the molecule is N#Cc1c(F)ccc(-c2ccccc2)c1C1(c2ccncc2)N=C(N)N2CCCN=C21. The maximum atomic E-state index is 15.0. The fourth-order valence-corrected chi connectivity index (χ4v) is 4.44. The molecule has 31 heavy (non-hydrogen) atoms. The summed E-state index contributed by atoms with van der Waals surface area (Å²) < 4.78 is 15.0. The van der Waals surface area contributed by atoms with Crippen molar-refractivity contribution in [1.29, 1.82) is 5.26 Å². The molecule has 152 valence electrons. The molecule has 7 heteroatoms. The van der Waals surface area contributed by atoms with Crippen LogP contribution in [0.15, 0.2) is 77.0 Å². The quantitative estimate of drug-likeness (QED) is 0.716. The normalized spacial score (nSPS) is 19.9. The Morgan fingerprint density at radius 3 is 2.58 bits per heavy atom. The summed E-state index contributed by atoms with van der Waals surface area (Å²) >= 11 is 0. The molecule has 3 aromatic rings. The third-order valence-corrected chi connectivity index (χ3v) is 5.75. The zero-order valence-corrected chi connectivity index (χ0v) is 16.7. The Morgan fingerprint density at radius 1 is 1.06 bits per heavy atom. The van der Waals surface area contributed by atoms with Gasteiger partial charge in [-0.1, -0.05) is 36.4 Å². The highest BCUT2D eigenvalue weighted by Crippen LogP contribution is 2.47. The summed E-state index contributed by atoms with van der Waals surface area (Å²) in [5.74, 6) is 0.318. The number of rotatable bonds is 3. The van der Waals surface area contributed by atoms with E-state index in [1.54, 1.807) is 18.5 Å². The smallest absolute Gasteiger partial charge is 0.198 e. The second-order valence-electron chi connectivity index (χ2n) is 7.45. The van der Waals surface area contributed by atoms with E-state index >= 15 is 4.39 Å². The first kappa shape index (κ1) is 18.9. The molecule has 0 fully saturated rings. The van der Waals surface area contributed by atoms with Crippen LogP contribution < -0.4 is 5.73 Å². The van der Waals surface area contributed by atoms with Crippen molar-refractivity contribution in [3.8, 4) is 17.2 Å². The van der Waals surface area contributed by atoms with Gasteiger partial charge in [-0.3, -0.25) is 14.9 Å². The number of halogens is 1. The molecule has 2 aromatic carbocycles. The van der Waals surface area contributed by atoms with Gasteiger partial charge in [-0.05, 0) is 41.3 Å². The van der Waals surface area contributed by atoms with Crippen molar-refractivity contribution in [1.82, 2.24) is 9.88 Å². The molecule has 0 saturated carbocycles. The van der Waals surface area contributed by atoms with E-state index in [0.717, 1.165) is 17.5 Å². The molecule has 1 unspecified atom stereocenters. The number of nitrogens with zero attached hydrogens (tertiary/aromatic N) is 5. The first-order valence-electron chi connectivity index (χ1n) is 10.0. The van der Waals surface area contributed by atoms with E-state index in [1.807, 2.05) is 47.4 Å². The largest absolute Gasteiger partial charge is 0.369 e. The van der Waals surface area contributed by atoms with Crippen molar-refractivity contribution in [3.63, 3.8) is 0 Å². The minimum atomic E-state index is -1.24. The maximum Gasteiger partial charge on any atom is 0.198 e. The monoisotopic (exact) mass is 410 g/mol. The lowest BCUT2D eigenvalue weighted by Crippen LogP contribution is -2.47. The minimum absolute atomic E-state index is 0.0650. The van der Waals surface area contributed by atoms with Crippen LogP contribution in [0, 0.1) is 17.1 Å². The number of aliphatic imine (C=N–C) groups is 2. The van der Waals surface area contributed by atoms with Crippen LogP contribution in [0.2, 0.25) is 0 Å². The van der Waals surface area contributed by atoms with E-state index in [4.69, 9.17) is 15.7 Å². The Bertz CT molecular complexity index is 1250. The number of hydrogen-bond donors (Lipinski definition) is 1. The van der Waals surface area contributed by atoms with Crippen molar-refractivity contribution >= 4 is 11.8 Å². The zero-order chi connectivity index (χ0) is 21.4. The van der Waals surface area contributed by atoms with Gasteiger partial charge in [0, 0.05) is 31.0 Å². The highest BCUT2D eigenvalue weighted by Gasteiger charge is 2.51. The molecule has 0 amide bonds. The van der Waals surface area contributed by atoms with Crippen LogP contribution in [0.1, 0.15) is 23.1 Å². The van der Waals surface area contributed by atoms with Crippen molar-refractivity contribution in [2.45, 2.75) is 12.0 Å². The predicted molar refractivity (Wildman–Crippen MR) is 117 cm³/mol. The van der Waals surface area contributed by atoms with E-state index in [9.17, 15) is 5.26 Å². The molecule has 0 radical (unpaired) electrons. The van der Waals surface area contributed by atoms with Crippen LogP contribution in [0.5, 0.6) is 0 Å². The van der Waals surface area contributed by atoms with Gasteiger partial charge in [0.25, 0.3) is 0 Å². The lowest BCUT2D eigenvalue weighted by Gasteiger charge is -2.34. The van der Waals surface area contributed by atoms with Crippen molar-refractivity contribution in [3.05, 3.63) is 89.5 Å². The first-order chi connectivity index (χ1) is 15.2. The number of pyridine rings is 1. The number of fused-ring (bicyclic) bond motifs is 1. The van der Waals surface area contributed by atoms with E-state index < -0.39 is 11.4 Å². The van der Waals surface area contributed by atoms with Crippen LogP contribution in [-0.4, -0.2) is 34.8 Å². The van der Waals surface area contributed by atoms with Crippen LogP contribution in [-0.2, 0) is 5.54 Å². The minimum Gasteiger partial charge on any atom is -0.369 e. The molecular formula is C24H19FN6. The summed E-state index contributed by atoms with van der Waals surface area (Å²) in [4.78, 5) is 15.7. The number of nitrogens with two attached hydrogens (primary N) is 1. The summed E-state index contributed by atoms with van der Waals surface area (Å²) in [7, 11) is 0. The summed E-state index contributed by atoms with van der Waals surface area (Å²) in [5.41, 5.74) is 7.79. The molecule has 6 nitrogen and oxygen atoms in total. The topological polar surface area (TPSA) is 90.7 Å². The maximum absolute atomic E-state index is 15.0. The van der Waals surface area contributed by atoms with E-state index in [1.165, 1.54) is 6.07 Å². The highest BCUT2D eigenvalue weighted by molar-refractivity contribution is 6.13. The van der Waals surface area contributed by atoms with Gasteiger partial charge in [0.1, 0.15) is 17.7 Å². The Balaban J connectivity index is 1.94. The van der Waals surface area contributed by atoms with Crippen molar-refractivity contribution in [2.75, 3.05) is 13.1 Å². The second kappa shape index (κ2) is 7.33. The summed E-state index contributed by atoms with van der Waals surface area (Å²) in [6, 6.07) is 18.3. The molecule has 2 N–H and O–H groups in total. The molecule has 1 aromatic heterocycles. The van der Waals surface area contributed by atoms with Crippen molar-refractivity contribution in [2.24, 2.45) is 15.7 Å². The molecule has 1 atom stereocenters. The van der Waals surface area contributed by atoms with Gasteiger partial charge in [0.05, 0.1) is 5.56 Å². The second-order valence-corrected chi connectivity index (χ2v) is 7.45. The number of benzene rings is 2. The van der Waals surface area contributed by atoms with Crippen LogP contribution >= 0.6 is 0 Å². The average molecular weight is 410 g/mol. The Hall–Kier alpha value is -4.05. The zero-order valence-electron chi connectivity index (χ0n) is 16.7. The molecule has 5 rings (SSSR count). The van der Waals surface area contributed by atoms with Crippen LogP contribution in [0.25, 0.3) is 11.1 Å². The molecular weight excluding hydrogens is 391 g/mol. The molecule has 0 spiro atoms. The van der Waals surface area contributed by atoms with Gasteiger partial charge in [-0.15, -0.1) is 0 Å². The fourth-order valence-electron chi connectivity index (χ4n) is 4.44. The molecule has 2 aliphatic heterocycles. The Kier molecular flexibility index (Phi) is 4.48. The predicted octanol–water partition coefficient (Wildman–Crippen LogP) is 3.44.